The van der Waals surface area contributed by atoms with E-state index in [-0.39, 0.29) is 11.9 Å². The third kappa shape index (κ3) is 4.00. The number of amides is 1. The molecule has 6 nitrogen and oxygen atoms in total. The third-order valence-corrected chi connectivity index (χ3v) is 4.64. The molecule has 27 heavy (non-hydrogen) atoms. The van der Waals surface area contributed by atoms with E-state index in [9.17, 15) is 4.79 Å². The predicted octanol–water partition coefficient (Wildman–Crippen LogP) is 3.62. The molecule has 0 saturated carbocycles. The minimum absolute atomic E-state index is 0.0201. The van der Waals surface area contributed by atoms with E-state index in [0.717, 1.165) is 23.3 Å². The maximum absolute atomic E-state index is 12.4. The highest BCUT2D eigenvalue weighted by Crippen LogP contribution is 2.31. The Balaban J connectivity index is 1.34. The van der Waals surface area contributed by atoms with E-state index in [4.69, 9.17) is 9.26 Å². The maximum Gasteiger partial charge on any atom is 0.227 e. The van der Waals surface area contributed by atoms with E-state index in [1.165, 1.54) is 5.56 Å². The lowest BCUT2D eigenvalue weighted by molar-refractivity contribution is -0.122. The number of benzene rings is 2. The number of nitrogens with one attached hydrogen (secondary N) is 1. The van der Waals surface area contributed by atoms with Crippen LogP contribution in [-0.4, -0.2) is 22.7 Å². The second kappa shape index (κ2) is 7.61. The Morgan fingerprint density at radius 1 is 1.19 bits per heavy atom. The van der Waals surface area contributed by atoms with Crippen LogP contribution in [0.3, 0.4) is 0 Å². The Morgan fingerprint density at radius 3 is 2.85 bits per heavy atom. The SMILES string of the molecule is Cc1ccc(-c2noc(CCC(=O)N[C@@H]3CCOc4ccccc43)n2)cc1. The third-order valence-electron chi connectivity index (χ3n) is 4.64. The summed E-state index contributed by atoms with van der Waals surface area (Å²) in [6.07, 6.45) is 1.48. The molecule has 0 bridgehead atoms. The molecule has 3 aromatic rings. The molecule has 138 valence electrons. The summed E-state index contributed by atoms with van der Waals surface area (Å²) in [6.45, 7) is 2.63. The molecule has 0 unspecified atom stereocenters. The number of hydrogen-bond acceptors (Lipinski definition) is 5. The monoisotopic (exact) mass is 363 g/mol. The molecule has 0 saturated heterocycles. The highest BCUT2D eigenvalue weighted by molar-refractivity contribution is 5.76. The number of nitrogens with zero attached hydrogens (tertiary/aromatic N) is 2. The first kappa shape index (κ1) is 17.3. The highest BCUT2D eigenvalue weighted by Gasteiger charge is 2.22. The number of aryl methyl sites for hydroxylation is 2. The van der Waals surface area contributed by atoms with Gasteiger partial charge in [0.25, 0.3) is 0 Å². The molecular weight excluding hydrogens is 342 g/mol. The molecule has 1 atom stereocenters. The molecule has 0 fully saturated rings. The van der Waals surface area contributed by atoms with Crippen molar-refractivity contribution < 1.29 is 14.1 Å². The van der Waals surface area contributed by atoms with Crippen LogP contribution in [0.25, 0.3) is 11.4 Å². The average molecular weight is 363 g/mol. The molecule has 1 aliphatic heterocycles. The fraction of sp³-hybridized carbons (Fsp3) is 0.286. The van der Waals surface area contributed by atoms with Gasteiger partial charge in [0.1, 0.15) is 5.75 Å². The van der Waals surface area contributed by atoms with Gasteiger partial charge >= 0.3 is 0 Å². The van der Waals surface area contributed by atoms with Crippen molar-refractivity contribution in [1.82, 2.24) is 15.5 Å². The first-order valence-corrected chi connectivity index (χ1v) is 9.10. The Kier molecular flexibility index (Phi) is 4.87. The molecule has 1 N–H and O–H groups in total. The molecule has 0 aliphatic carbocycles. The van der Waals surface area contributed by atoms with E-state index < -0.39 is 0 Å². The van der Waals surface area contributed by atoms with Gasteiger partial charge in [0.15, 0.2) is 0 Å². The summed E-state index contributed by atoms with van der Waals surface area (Å²) in [7, 11) is 0. The summed E-state index contributed by atoms with van der Waals surface area (Å²) in [6, 6.07) is 15.7. The molecule has 2 aromatic carbocycles. The largest absolute Gasteiger partial charge is 0.493 e. The minimum atomic E-state index is -0.0354. The van der Waals surface area contributed by atoms with Gasteiger partial charge in [-0.25, -0.2) is 0 Å². The van der Waals surface area contributed by atoms with Gasteiger partial charge in [-0.2, -0.15) is 4.98 Å². The van der Waals surface area contributed by atoms with Crippen LogP contribution in [0.15, 0.2) is 53.1 Å². The summed E-state index contributed by atoms with van der Waals surface area (Å²) in [5.74, 6) is 1.82. The number of carbonyl (C=O) groups is 1. The Bertz CT molecular complexity index is 934. The summed E-state index contributed by atoms with van der Waals surface area (Å²) in [4.78, 5) is 16.8. The Labute approximate surface area is 157 Å². The molecule has 1 amide bonds. The molecular formula is C21H21N3O3. The van der Waals surface area contributed by atoms with Crippen molar-refractivity contribution in [3.63, 3.8) is 0 Å². The lowest BCUT2D eigenvalue weighted by Crippen LogP contribution is -2.32. The zero-order valence-electron chi connectivity index (χ0n) is 15.1. The molecule has 6 heteroatoms. The van der Waals surface area contributed by atoms with Gasteiger partial charge in [-0.1, -0.05) is 53.2 Å². The molecule has 4 rings (SSSR count). The number of aromatic nitrogens is 2. The summed E-state index contributed by atoms with van der Waals surface area (Å²) >= 11 is 0. The van der Waals surface area contributed by atoms with Gasteiger partial charge in [0, 0.05) is 30.4 Å². The van der Waals surface area contributed by atoms with Crippen LogP contribution in [0, 0.1) is 6.92 Å². The van der Waals surface area contributed by atoms with E-state index in [1.54, 1.807) is 0 Å². The van der Waals surface area contributed by atoms with Gasteiger partial charge in [-0.15, -0.1) is 0 Å². The topological polar surface area (TPSA) is 77.2 Å². The lowest BCUT2D eigenvalue weighted by Gasteiger charge is -2.26. The van der Waals surface area contributed by atoms with Gasteiger partial charge in [0.2, 0.25) is 17.6 Å². The van der Waals surface area contributed by atoms with E-state index >= 15 is 0 Å². The number of ether oxygens (including phenoxy) is 1. The number of carbonyl (C=O) groups excluding carboxylic acids is 1. The van der Waals surface area contributed by atoms with Crippen molar-refractivity contribution in [2.75, 3.05) is 6.61 Å². The van der Waals surface area contributed by atoms with Crippen molar-refractivity contribution in [2.24, 2.45) is 0 Å². The van der Waals surface area contributed by atoms with Crippen molar-refractivity contribution >= 4 is 5.91 Å². The summed E-state index contributed by atoms with van der Waals surface area (Å²) in [5.41, 5.74) is 3.10. The zero-order valence-corrected chi connectivity index (χ0v) is 15.1. The second-order valence-corrected chi connectivity index (χ2v) is 6.67. The molecule has 2 heterocycles. The van der Waals surface area contributed by atoms with Crippen molar-refractivity contribution in [3.8, 4) is 17.1 Å². The number of rotatable bonds is 5. The first-order valence-electron chi connectivity index (χ1n) is 9.10. The highest BCUT2D eigenvalue weighted by atomic mass is 16.5. The van der Waals surface area contributed by atoms with Crippen LogP contribution < -0.4 is 10.1 Å². The maximum atomic E-state index is 12.4. The number of hydrogen-bond donors (Lipinski definition) is 1. The zero-order chi connectivity index (χ0) is 18.6. The van der Waals surface area contributed by atoms with Gasteiger partial charge in [-0.3, -0.25) is 4.79 Å². The lowest BCUT2D eigenvalue weighted by atomic mass is 10.0. The van der Waals surface area contributed by atoms with E-state index in [0.29, 0.717) is 31.2 Å². The second-order valence-electron chi connectivity index (χ2n) is 6.67. The van der Waals surface area contributed by atoms with Crippen molar-refractivity contribution in [3.05, 3.63) is 65.5 Å². The Morgan fingerprint density at radius 2 is 2.00 bits per heavy atom. The van der Waals surface area contributed by atoms with Crippen LogP contribution in [0.4, 0.5) is 0 Å². The van der Waals surface area contributed by atoms with Gasteiger partial charge < -0.3 is 14.6 Å². The molecule has 1 aromatic heterocycles. The first-order chi connectivity index (χ1) is 13.2. The van der Waals surface area contributed by atoms with Crippen molar-refractivity contribution in [2.45, 2.75) is 32.2 Å². The van der Waals surface area contributed by atoms with Crippen molar-refractivity contribution in [1.29, 1.82) is 0 Å². The van der Waals surface area contributed by atoms with Gasteiger partial charge in [0.05, 0.1) is 12.6 Å². The Hall–Kier alpha value is -3.15. The normalized spacial score (nSPS) is 15.7. The average Bonchev–Trinajstić information content (AvgIpc) is 3.16. The van der Waals surface area contributed by atoms with Gasteiger partial charge in [-0.05, 0) is 13.0 Å². The summed E-state index contributed by atoms with van der Waals surface area (Å²) < 4.78 is 10.9. The molecule has 1 aliphatic rings. The van der Waals surface area contributed by atoms with Crippen LogP contribution in [0.2, 0.25) is 0 Å². The fourth-order valence-electron chi connectivity index (χ4n) is 3.16. The van der Waals surface area contributed by atoms with Crippen LogP contribution >= 0.6 is 0 Å². The van der Waals surface area contributed by atoms with E-state index in [1.807, 2.05) is 55.5 Å². The van der Waals surface area contributed by atoms with E-state index in [2.05, 4.69) is 15.5 Å². The minimum Gasteiger partial charge on any atom is -0.493 e. The fourth-order valence-corrected chi connectivity index (χ4v) is 3.16. The van der Waals surface area contributed by atoms with Crippen LogP contribution in [0.5, 0.6) is 5.75 Å². The van der Waals surface area contributed by atoms with Crippen LogP contribution in [0.1, 0.15) is 35.9 Å². The molecule has 0 radical (unpaired) electrons. The standard InChI is InChI=1S/C21H21N3O3/c1-14-6-8-15(9-7-14)21-23-20(27-24-21)11-10-19(25)22-17-12-13-26-18-5-3-2-4-16(17)18/h2-9,17H,10-13H2,1H3,(H,22,25)/t17-/m1/s1. The smallest absolute Gasteiger partial charge is 0.227 e. The van der Waals surface area contributed by atoms with Crippen LogP contribution in [-0.2, 0) is 11.2 Å². The quantitative estimate of drug-likeness (QED) is 0.749. The number of para-hydroxylation sites is 1. The number of fused-ring (bicyclic) bond motifs is 1. The summed E-state index contributed by atoms with van der Waals surface area (Å²) in [5, 5.41) is 7.09. The molecule has 0 spiro atoms. The predicted molar refractivity (Wildman–Crippen MR) is 100 cm³/mol.